The van der Waals surface area contributed by atoms with Crippen LogP contribution in [0.1, 0.15) is 5.56 Å². The largest absolute Gasteiger partial charge is 0.298 e. The van der Waals surface area contributed by atoms with E-state index in [0.29, 0.717) is 0 Å². The number of nitrogens with one attached hydrogen (secondary N) is 1. The Kier molecular flexibility index (Phi) is 5.39. The van der Waals surface area contributed by atoms with E-state index >= 15 is 0 Å². The van der Waals surface area contributed by atoms with Crippen molar-refractivity contribution in [2.75, 3.05) is 5.32 Å². The maximum atomic E-state index is 13.8. The highest BCUT2D eigenvalue weighted by molar-refractivity contribution is 7.14. The first-order valence-electron chi connectivity index (χ1n) is 7.28. The van der Waals surface area contributed by atoms with Gasteiger partial charge in [0.15, 0.2) is 5.13 Å². The van der Waals surface area contributed by atoms with Crippen LogP contribution in [0.3, 0.4) is 0 Å². The first kappa shape index (κ1) is 18.2. The summed E-state index contributed by atoms with van der Waals surface area (Å²) in [5, 5.41) is 4.42. The quantitative estimate of drug-likeness (QED) is 0.591. The van der Waals surface area contributed by atoms with Crippen LogP contribution < -0.4 is 5.32 Å². The third-order valence-corrected chi connectivity index (χ3v) is 4.43. The molecule has 132 valence electrons. The maximum Gasteiger partial charge on any atom is 0.250 e. The number of hydrogen-bond acceptors (Lipinski definition) is 3. The van der Waals surface area contributed by atoms with Crippen molar-refractivity contribution in [3.05, 3.63) is 75.9 Å². The fourth-order valence-electron chi connectivity index (χ4n) is 2.13. The molecule has 1 amide bonds. The minimum atomic E-state index is -0.748. The standard InChI is InChI=1S/C18H10ClF3N2OS/c19-13-2-1-3-14(21)11(13)6-7-17(25)24-18-23-16(9-26-18)12-5-4-10(20)8-15(12)22/h1-9H,(H,23,24,25)/b7-6+. The second-order valence-corrected chi connectivity index (χ2v) is 6.39. The van der Waals surface area contributed by atoms with Crippen LogP contribution >= 0.6 is 22.9 Å². The van der Waals surface area contributed by atoms with E-state index in [2.05, 4.69) is 10.3 Å². The Morgan fingerprint density at radius 3 is 2.69 bits per heavy atom. The number of amides is 1. The first-order valence-corrected chi connectivity index (χ1v) is 8.54. The summed E-state index contributed by atoms with van der Waals surface area (Å²) in [6.07, 6.45) is 2.37. The van der Waals surface area contributed by atoms with Crippen LogP contribution in [0.2, 0.25) is 5.02 Å². The number of thiazole rings is 1. The number of rotatable bonds is 4. The summed E-state index contributed by atoms with van der Waals surface area (Å²) in [5.74, 6) is -2.54. The van der Waals surface area contributed by atoms with E-state index < -0.39 is 23.4 Å². The highest BCUT2D eigenvalue weighted by Crippen LogP contribution is 2.27. The summed E-state index contributed by atoms with van der Waals surface area (Å²) in [5.41, 5.74) is 0.485. The molecule has 3 rings (SSSR count). The molecule has 0 saturated heterocycles. The molecule has 1 heterocycles. The van der Waals surface area contributed by atoms with Gasteiger partial charge in [0.1, 0.15) is 17.5 Å². The van der Waals surface area contributed by atoms with Crippen LogP contribution in [0.5, 0.6) is 0 Å². The molecule has 8 heteroatoms. The molecule has 3 nitrogen and oxygen atoms in total. The molecule has 26 heavy (non-hydrogen) atoms. The van der Waals surface area contributed by atoms with E-state index in [0.717, 1.165) is 29.5 Å². The zero-order valence-electron chi connectivity index (χ0n) is 13.0. The summed E-state index contributed by atoms with van der Waals surface area (Å²) in [6, 6.07) is 7.34. The SMILES string of the molecule is O=C(/C=C/c1c(F)cccc1Cl)Nc1nc(-c2ccc(F)cc2F)cs1. The van der Waals surface area contributed by atoms with Crippen molar-refractivity contribution in [1.82, 2.24) is 4.98 Å². The third-order valence-electron chi connectivity index (χ3n) is 3.34. The van der Waals surface area contributed by atoms with Crippen molar-refractivity contribution in [2.24, 2.45) is 0 Å². The molecule has 0 fully saturated rings. The number of halogens is 4. The maximum absolute atomic E-state index is 13.8. The number of aromatic nitrogens is 1. The lowest BCUT2D eigenvalue weighted by atomic mass is 10.1. The second-order valence-electron chi connectivity index (χ2n) is 5.12. The Balaban J connectivity index is 1.73. The van der Waals surface area contributed by atoms with Gasteiger partial charge in [0.25, 0.3) is 0 Å². The van der Waals surface area contributed by atoms with Gasteiger partial charge in [-0.25, -0.2) is 18.2 Å². The van der Waals surface area contributed by atoms with Crippen molar-refractivity contribution >= 4 is 40.1 Å². The van der Waals surface area contributed by atoms with Crippen LogP contribution in [-0.4, -0.2) is 10.9 Å². The van der Waals surface area contributed by atoms with Crippen LogP contribution in [0.15, 0.2) is 47.9 Å². The van der Waals surface area contributed by atoms with Crippen LogP contribution in [0.25, 0.3) is 17.3 Å². The Labute approximate surface area is 155 Å². The number of hydrogen-bond donors (Lipinski definition) is 1. The Bertz CT molecular complexity index is 984. The molecule has 2 aromatic carbocycles. The van der Waals surface area contributed by atoms with Gasteiger partial charge >= 0.3 is 0 Å². The van der Waals surface area contributed by atoms with E-state index in [4.69, 9.17) is 11.6 Å². The summed E-state index contributed by atoms with van der Waals surface area (Å²) in [4.78, 5) is 16.0. The normalized spacial score (nSPS) is 11.1. The average molecular weight is 395 g/mol. The zero-order valence-corrected chi connectivity index (χ0v) is 14.5. The molecule has 0 saturated carbocycles. The molecule has 0 aliphatic heterocycles. The molecule has 0 radical (unpaired) electrons. The molecule has 0 unspecified atom stereocenters. The minimum Gasteiger partial charge on any atom is -0.298 e. The number of nitrogens with zero attached hydrogens (tertiary/aromatic N) is 1. The van der Waals surface area contributed by atoms with Gasteiger partial charge in [-0.3, -0.25) is 10.1 Å². The number of carbonyl (C=O) groups is 1. The predicted octanol–water partition coefficient (Wildman–Crippen LogP) is 5.53. The smallest absolute Gasteiger partial charge is 0.250 e. The van der Waals surface area contributed by atoms with Gasteiger partial charge in [-0.15, -0.1) is 11.3 Å². The van der Waals surface area contributed by atoms with Crippen LogP contribution in [-0.2, 0) is 4.79 Å². The molecule has 0 bridgehead atoms. The lowest BCUT2D eigenvalue weighted by Crippen LogP contribution is -2.07. The van der Waals surface area contributed by atoms with Gasteiger partial charge in [0.2, 0.25) is 5.91 Å². The third kappa shape index (κ3) is 4.12. The van der Waals surface area contributed by atoms with E-state index in [1.54, 1.807) is 0 Å². The van der Waals surface area contributed by atoms with Crippen LogP contribution in [0, 0.1) is 17.5 Å². The molecule has 1 aromatic heterocycles. The number of anilines is 1. The molecule has 0 spiro atoms. The average Bonchev–Trinajstić information content (AvgIpc) is 3.02. The van der Waals surface area contributed by atoms with E-state index in [1.165, 1.54) is 35.7 Å². The summed E-state index contributed by atoms with van der Waals surface area (Å²) in [7, 11) is 0. The molecular weight excluding hydrogens is 385 g/mol. The molecule has 0 aliphatic carbocycles. The zero-order chi connectivity index (χ0) is 18.7. The van der Waals surface area contributed by atoms with Crippen molar-refractivity contribution in [3.8, 4) is 11.3 Å². The van der Waals surface area contributed by atoms with E-state index in [9.17, 15) is 18.0 Å². The lowest BCUT2D eigenvalue weighted by Gasteiger charge is -2.00. The Morgan fingerprint density at radius 2 is 1.96 bits per heavy atom. The molecule has 1 N–H and O–H groups in total. The molecule has 0 atom stereocenters. The minimum absolute atomic E-state index is 0.0949. The summed E-state index contributed by atoms with van der Waals surface area (Å²) >= 11 is 6.95. The van der Waals surface area contributed by atoms with Crippen molar-refractivity contribution < 1.29 is 18.0 Å². The first-order chi connectivity index (χ1) is 12.4. The predicted molar refractivity (Wildman–Crippen MR) is 96.5 cm³/mol. The van der Waals surface area contributed by atoms with E-state index in [-0.39, 0.29) is 27.0 Å². The topological polar surface area (TPSA) is 42.0 Å². The van der Waals surface area contributed by atoms with Crippen molar-refractivity contribution in [2.45, 2.75) is 0 Å². The van der Waals surface area contributed by atoms with Crippen molar-refractivity contribution in [3.63, 3.8) is 0 Å². The second kappa shape index (κ2) is 7.72. The van der Waals surface area contributed by atoms with Crippen LogP contribution in [0.4, 0.5) is 18.3 Å². The molecule has 0 aliphatic rings. The monoisotopic (exact) mass is 394 g/mol. The summed E-state index contributed by atoms with van der Waals surface area (Å²) < 4.78 is 40.4. The highest BCUT2D eigenvalue weighted by atomic mass is 35.5. The van der Waals surface area contributed by atoms with Gasteiger partial charge in [0, 0.05) is 28.6 Å². The Morgan fingerprint density at radius 1 is 1.15 bits per heavy atom. The number of carbonyl (C=O) groups excluding carboxylic acids is 1. The number of benzene rings is 2. The fourth-order valence-corrected chi connectivity index (χ4v) is 3.07. The van der Waals surface area contributed by atoms with Gasteiger partial charge in [-0.05, 0) is 30.3 Å². The van der Waals surface area contributed by atoms with E-state index in [1.807, 2.05) is 0 Å². The van der Waals surface area contributed by atoms with Gasteiger partial charge in [-0.1, -0.05) is 17.7 Å². The van der Waals surface area contributed by atoms with Crippen molar-refractivity contribution in [1.29, 1.82) is 0 Å². The lowest BCUT2D eigenvalue weighted by molar-refractivity contribution is -0.111. The molecular formula is C18H10ClF3N2OS. The summed E-state index contributed by atoms with van der Waals surface area (Å²) in [6.45, 7) is 0. The fraction of sp³-hybridized carbons (Fsp3) is 0. The van der Waals surface area contributed by atoms with Gasteiger partial charge in [-0.2, -0.15) is 0 Å². The van der Waals surface area contributed by atoms with Gasteiger partial charge < -0.3 is 0 Å². The Hall–Kier alpha value is -2.64. The van der Waals surface area contributed by atoms with Gasteiger partial charge in [0.05, 0.1) is 10.7 Å². The highest BCUT2D eigenvalue weighted by Gasteiger charge is 2.11. The molecule has 3 aromatic rings.